The Kier molecular flexibility index (Phi) is 5.99. The number of hydrogen-bond acceptors (Lipinski definition) is 3. The molecule has 1 aromatic heterocycles. The summed E-state index contributed by atoms with van der Waals surface area (Å²) in [7, 11) is 1.62. The zero-order valence-corrected chi connectivity index (χ0v) is 14.8. The zero-order valence-electron chi connectivity index (χ0n) is 14.1. The Balaban J connectivity index is 1.65. The lowest BCUT2D eigenvalue weighted by Crippen LogP contribution is -2.80. The number of benzene rings is 2. The molecule has 1 heterocycles. The summed E-state index contributed by atoms with van der Waals surface area (Å²) in [5.74, 6) is 2.16. The Hall–Kier alpha value is -2.43. The molecule has 0 bridgehead atoms. The number of halogens is 1. The molecular weight excluding hydrogens is 338 g/mol. The van der Waals surface area contributed by atoms with Gasteiger partial charge in [0.2, 0.25) is 0 Å². The van der Waals surface area contributed by atoms with Gasteiger partial charge in [-0.3, -0.25) is 0 Å². The van der Waals surface area contributed by atoms with Gasteiger partial charge in [-0.05, 0) is 29.8 Å². The van der Waals surface area contributed by atoms with Crippen LogP contribution in [0.5, 0.6) is 11.5 Å². The lowest BCUT2D eigenvalue weighted by molar-refractivity contribution is -0.688. The Bertz CT molecular complexity index is 788. The summed E-state index contributed by atoms with van der Waals surface area (Å²) < 4.78 is 16.7. The van der Waals surface area contributed by atoms with E-state index in [1.54, 1.807) is 13.4 Å². The van der Waals surface area contributed by atoms with E-state index in [0.29, 0.717) is 23.1 Å². The zero-order chi connectivity index (χ0) is 17.5. The summed E-state index contributed by atoms with van der Waals surface area (Å²) in [5.41, 5.74) is 2.15. The van der Waals surface area contributed by atoms with Gasteiger partial charge >= 0.3 is 0 Å². The average Bonchev–Trinajstić information content (AvgIpc) is 3.15. The van der Waals surface area contributed by atoms with Crippen molar-refractivity contribution in [1.82, 2.24) is 0 Å². The molecule has 130 valence electrons. The molecule has 0 saturated heterocycles. The molecule has 2 aromatic carbocycles. The second-order valence-electron chi connectivity index (χ2n) is 5.66. The third-order valence-corrected chi connectivity index (χ3v) is 4.10. The first kappa shape index (κ1) is 17.4. The summed E-state index contributed by atoms with van der Waals surface area (Å²) in [6.45, 7) is 2.00. The highest BCUT2D eigenvalue weighted by Crippen LogP contribution is 2.36. The minimum Gasteiger partial charge on any atom is -0.493 e. The smallest absolute Gasteiger partial charge is 0.180 e. The standard InChI is InChI=1S/C20H20ClNO3/c1-23-19-11-16(12-22-13-17-8-5-9-24-17)10-18(21)20(19)25-14-15-6-3-2-4-7-15/h2-11,22H,12-14H2,1H3/p+1. The summed E-state index contributed by atoms with van der Waals surface area (Å²) in [4.78, 5) is 0. The summed E-state index contributed by atoms with van der Waals surface area (Å²) in [6.07, 6.45) is 1.68. The number of hydrogen-bond donors (Lipinski definition) is 1. The van der Waals surface area contributed by atoms with Gasteiger partial charge in [-0.25, -0.2) is 0 Å². The number of nitrogens with two attached hydrogens (primary N) is 1. The molecule has 3 rings (SSSR count). The Labute approximate surface area is 152 Å². The second kappa shape index (κ2) is 8.60. The molecule has 0 fully saturated rings. The van der Waals surface area contributed by atoms with Crippen molar-refractivity contribution in [3.63, 3.8) is 0 Å². The first-order valence-corrected chi connectivity index (χ1v) is 8.51. The van der Waals surface area contributed by atoms with Gasteiger partial charge in [-0.1, -0.05) is 41.9 Å². The van der Waals surface area contributed by atoms with Gasteiger partial charge in [-0.15, -0.1) is 0 Å². The van der Waals surface area contributed by atoms with Crippen LogP contribution in [0.2, 0.25) is 5.02 Å². The molecule has 0 aliphatic rings. The molecule has 25 heavy (non-hydrogen) atoms. The minimum atomic E-state index is 0.445. The van der Waals surface area contributed by atoms with Crippen LogP contribution in [0.3, 0.4) is 0 Å². The van der Waals surface area contributed by atoms with Crippen molar-refractivity contribution < 1.29 is 19.2 Å². The van der Waals surface area contributed by atoms with Crippen LogP contribution in [0.1, 0.15) is 16.9 Å². The Morgan fingerprint density at radius 2 is 1.84 bits per heavy atom. The largest absolute Gasteiger partial charge is 0.493 e. The fourth-order valence-electron chi connectivity index (χ4n) is 2.57. The van der Waals surface area contributed by atoms with Gasteiger partial charge in [0.15, 0.2) is 17.3 Å². The predicted molar refractivity (Wildman–Crippen MR) is 96.8 cm³/mol. The number of methoxy groups -OCH3 is 1. The van der Waals surface area contributed by atoms with E-state index in [1.165, 1.54) is 0 Å². The van der Waals surface area contributed by atoms with Gasteiger partial charge in [0.1, 0.15) is 19.7 Å². The lowest BCUT2D eigenvalue weighted by Gasteiger charge is -2.14. The Morgan fingerprint density at radius 1 is 1.00 bits per heavy atom. The highest BCUT2D eigenvalue weighted by molar-refractivity contribution is 6.32. The Morgan fingerprint density at radius 3 is 2.56 bits per heavy atom. The SMILES string of the molecule is COc1cc(C[NH2+]Cc2ccco2)cc(Cl)c1OCc1ccccc1. The first-order valence-electron chi connectivity index (χ1n) is 8.13. The maximum atomic E-state index is 6.42. The second-order valence-corrected chi connectivity index (χ2v) is 6.07. The van der Waals surface area contributed by atoms with E-state index < -0.39 is 0 Å². The number of quaternary nitrogens is 1. The highest BCUT2D eigenvalue weighted by Gasteiger charge is 2.13. The summed E-state index contributed by atoms with van der Waals surface area (Å²) in [6, 6.07) is 17.7. The van der Waals surface area contributed by atoms with Gasteiger partial charge in [0.25, 0.3) is 0 Å². The van der Waals surface area contributed by atoms with Crippen LogP contribution < -0.4 is 14.8 Å². The van der Waals surface area contributed by atoms with Gasteiger partial charge in [0.05, 0.1) is 18.4 Å². The van der Waals surface area contributed by atoms with E-state index in [0.717, 1.165) is 30.0 Å². The fraction of sp³-hybridized carbons (Fsp3) is 0.200. The van der Waals surface area contributed by atoms with E-state index in [9.17, 15) is 0 Å². The topological polar surface area (TPSA) is 48.2 Å². The molecule has 0 spiro atoms. The minimum absolute atomic E-state index is 0.445. The summed E-state index contributed by atoms with van der Waals surface area (Å²) >= 11 is 6.42. The molecule has 0 radical (unpaired) electrons. The van der Waals surface area contributed by atoms with Crippen LogP contribution in [0, 0.1) is 0 Å². The quantitative estimate of drug-likeness (QED) is 0.666. The maximum Gasteiger partial charge on any atom is 0.180 e. The molecule has 0 aliphatic heterocycles. The maximum absolute atomic E-state index is 6.42. The van der Waals surface area contributed by atoms with E-state index in [-0.39, 0.29) is 0 Å². The van der Waals surface area contributed by atoms with E-state index >= 15 is 0 Å². The molecule has 0 unspecified atom stereocenters. The predicted octanol–water partition coefficient (Wildman–Crippen LogP) is 3.78. The molecule has 5 heteroatoms. The van der Waals surface area contributed by atoms with Gasteiger partial charge < -0.3 is 19.2 Å². The van der Waals surface area contributed by atoms with E-state index in [4.69, 9.17) is 25.5 Å². The van der Waals surface area contributed by atoms with E-state index in [2.05, 4.69) is 5.32 Å². The van der Waals surface area contributed by atoms with Crippen LogP contribution in [0.4, 0.5) is 0 Å². The molecule has 0 aliphatic carbocycles. The molecule has 0 amide bonds. The molecular formula is C20H21ClNO3+. The van der Waals surface area contributed by atoms with Crippen LogP contribution in [0.25, 0.3) is 0 Å². The van der Waals surface area contributed by atoms with Crippen molar-refractivity contribution in [2.75, 3.05) is 7.11 Å². The number of rotatable bonds is 8. The third kappa shape index (κ3) is 4.78. The summed E-state index contributed by atoms with van der Waals surface area (Å²) in [5, 5.41) is 2.70. The number of ether oxygens (including phenoxy) is 2. The van der Waals surface area contributed by atoms with Gasteiger partial charge in [-0.2, -0.15) is 0 Å². The average molecular weight is 359 g/mol. The van der Waals surface area contributed by atoms with Crippen LogP contribution in [-0.4, -0.2) is 7.11 Å². The van der Waals surface area contributed by atoms with Crippen LogP contribution in [0.15, 0.2) is 65.3 Å². The van der Waals surface area contributed by atoms with Crippen molar-refractivity contribution in [3.8, 4) is 11.5 Å². The van der Waals surface area contributed by atoms with Crippen molar-refractivity contribution >= 4 is 11.6 Å². The van der Waals surface area contributed by atoms with Crippen molar-refractivity contribution in [2.45, 2.75) is 19.7 Å². The van der Waals surface area contributed by atoms with Crippen molar-refractivity contribution in [2.24, 2.45) is 0 Å². The highest BCUT2D eigenvalue weighted by atomic mass is 35.5. The van der Waals surface area contributed by atoms with Crippen molar-refractivity contribution in [3.05, 3.63) is 82.8 Å². The van der Waals surface area contributed by atoms with Crippen LogP contribution in [-0.2, 0) is 19.7 Å². The van der Waals surface area contributed by atoms with Crippen LogP contribution >= 0.6 is 11.6 Å². The fourth-order valence-corrected chi connectivity index (χ4v) is 2.86. The molecule has 2 N–H and O–H groups in total. The first-order chi connectivity index (χ1) is 12.3. The molecule has 4 nitrogen and oxygen atoms in total. The van der Waals surface area contributed by atoms with Crippen molar-refractivity contribution in [1.29, 1.82) is 0 Å². The lowest BCUT2D eigenvalue weighted by atomic mass is 10.2. The molecule has 3 aromatic rings. The van der Waals surface area contributed by atoms with Gasteiger partial charge in [0, 0.05) is 5.56 Å². The molecule has 0 saturated carbocycles. The monoisotopic (exact) mass is 358 g/mol. The number of furan rings is 1. The third-order valence-electron chi connectivity index (χ3n) is 3.82. The van der Waals surface area contributed by atoms with E-state index in [1.807, 2.05) is 54.6 Å². The normalized spacial score (nSPS) is 10.6. The molecule has 0 atom stereocenters.